The molecule has 2 atom stereocenters. The highest BCUT2D eigenvalue weighted by molar-refractivity contribution is 9.10. The summed E-state index contributed by atoms with van der Waals surface area (Å²) in [6, 6.07) is 5.95. The zero-order chi connectivity index (χ0) is 13.2. The van der Waals surface area contributed by atoms with Crippen molar-refractivity contribution < 1.29 is 9.47 Å². The number of hydrogen-bond donors (Lipinski definition) is 0. The average molecular weight is 334 g/mol. The Morgan fingerprint density at radius 1 is 1.56 bits per heavy atom. The Morgan fingerprint density at radius 2 is 2.33 bits per heavy atom. The van der Waals surface area contributed by atoms with Gasteiger partial charge in [-0.1, -0.05) is 15.9 Å². The molecule has 2 rings (SSSR count). The van der Waals surface area contributed by atoms with Crippen LogP contribution in [0, 0.1) is 0 Å². The minimum Gasteiger partial charge on any atom is -0.494 e. The van der Waals surface area contributed by atoms with Crippen molar-refractivity contribution in [3.8, 4) is 5.75 Å². The van der Waals surface area contributed by atoms with E-state index in [-0.39, 0.29) is 11.0 Å². The fourth-order valence-corrected chi connectivity index (χ4v) is 3.06. The molecule has 0 saturated carbocycles. The van der Waals surface area contributed by atoms with E-state index >= 15 is 0 Å². The minimum atomic E-state index is -0.297. The molecule has 0 N–H and O–H groups in total. The Morgan fingerprint density at radius 3 is 2.94 bits per heavy atom. The van der Waals surface area contributed by atoms with Gasteiger partial charge in [0.15, 0.2) is 0 Å². The van der Waals surface area contributed by atoms with Gasteiger partial charge in [-0.05, 0) is 44.9 Å². The van der Waals surface area contributed by atoms with Crippen molar-refractivity contribution in [2.45, 2.75) is 37.7 Å². The summed E-state index contributed by atoms with van der Waals surface area (Å²) in [7, 11) is 0. The van der Waals surface area contributed by atoms with Crippen molar-refractivity contribution in [2.75, 3.05) is 13.2 Å². The monoisotopic (exact) mass is 332 g/mol. The van der Waals surface area contributed by atoms with Crippen LogP contribution in [-0.2, 0) is 4.74 Å². The molecule has 0 aromatic heterocycles. The summed E-state index contributed by atoms with van der Waals surface area (Å²) in [4.78, 5) is 0. The Kier molecular flexibility index (Phi) is 4.57. The molecule has 1 aliphatic rings. The van der Waals surface area contributed by atoms with Gasteiger partial charge in [-0.15, -0.1) is 11.6 Å². The number of ether oxygens (including phenoxy) is 2. The van der Waals surface area contributed by atoms with Gasteiger partial charge in [0.1, 0.15) is 5.75 Å². The predicted molar refractivity (Wildman–Crippen MR) is 77.5 cm³/mol. The normalized spacial score (nSPS) is 25.1. The molecule has 0 aliphatic carbocycles. The summed E-state index contributed by atoms with van der Waals surface area (Å²) in [5.74, 6) is 0.845. The summed E-state index contributed by atoms with van der Waals surface area (Å²) < 4.78 is 12.5. The van der Waals surface area contributed by atoms with Crippen LogP contribution in [0.15, 0.2) is 22.7 Å². The third kappa shape index (κ3) is 2.84. The van der Waals surface area contributed by atoms with Gasteiger partial charge in [0.05, 0.1) is 17.6 Å². The lowest BCUT2D eigenvalue weighted by molar-refractivity contribution is 0.0159. The first-order valence-electron chi connectivity index (χ1n) is 6.27. The summed E-state index contributed by atoms with van der Waals surface area (Å²) in [6.07, 6.45) is 2.05. The maximum atomic E-state index is 6.64. The van der Waals surface area contributed by atoms with E-state index in [0.29, 0.717) is 6.61 Å². The molecular weight excluding hydrogens is 316 g/mol. The van der Waals surface area contributed by atoms with Gasteiger partial charge < -0.3 is 9.47 Å². The van der Waals surface area contributed by atoms with E-state index in [1.807, 2.05) is 25.1 Å². The zero-order valence-electron chi connectivity index (χ0n) is 10.7. The maximum absolute atomic E-state index is 6.64. The predicted octanol–water partition coefficient (Wildman–Crippen LogP) is 4.70. The molecule has 1 aromatic carbocycles. The maximum Gasteiger partial charge on any atom is 0.124 e. The summed E-state index contributed by atoms with van der Waals surface area (Å²) >= 11 is 10.1. The van der Waals surface area contributed by atoms with E-state index in [1.54, 1.807) is 0 Å². The molecule has 18 heavy (non-hydrogen) atoms. The summed E-state index contributed by atoms with van der Waals surface area (Å²) in [6.45, 7) is 5.48. The first-order valence-corrected chi connectivity index (χ1v) is 7.50. The second kappa shape index (κ2) is 5.81. The third-order valence-corrected chi connectivity index (χ3v) is 4.52. The molecule has 4 heteroatoms. The number of benzene rings is 1. The molecule has 1 saturated heterocycles. The lowest BCUT2D eigenvalue weighted by Crippen LogP contribution is -2.29. The van der Waals surface area contributed by atoms with Crippen molar-refractivity contribution >= 4 is 27.5 Å². The van der Waals surface area contributed by atoms with Crippen LogP contribution in [0.4, 0.5) is 0 Å². The summed E-state index contributed by atoms with van der Waals surface area (Å²) in [5, 5.41) is -0.195. The standard InChI is InChI=1S/C14H18BrClO2/c1-3-17-12-6-5-10(15)9-11(12)13(16)14(2)7-4-8-18-14/h5-6,9,13H,3-4,7-8H2,1-2H3. The van der Waals surface area contributed by atoms with Gasteiger partial charge in [-0.2, -0.15) is 0 Å². The van der Waals surface area contributed by atoms with E-state index in [9.17, 15) is 0 Å². The van der Waals surface area contributed by atoms with Crippen LogP contribution in [0.1, 0.15) is 37.6 Å². The van der Waals surface area contributed by atoms with Gasteiger partial charge in [0, 0.05) is 16.6 Å². The van der Waals surface area contributed by atoms with Crippen LogP contribution in [0.3, 0.4) is 0 Å². The van der Waals surface area contributed by atoms with Crippen molar-refractivity contribution in [3.05, 3.63) is 28.2 Å². The molecule has 0 bridgehead atoms. The van der Waals surface area contributed by atoms with E-state index in [0.717, 1.165) is 35.2 Å². The number of alkyl halides is 1. The van der Waals surface area contributed by atoms with Gasteiger partial charge >= 0.3 is 0 Å². The molecule has 100 valence electrons. The van der Waals surface area contributed by atoms with Crippen LogP contribution in [0.5, 0.6) is 5.75 Å². The van der Waals surface area contributed by atoms with Crippen molar-refractivity contribution in [3.63, 3.8) is 0 Å². The topological polar surface area (TPSA) is 18.5 Å². The molecule has 0 radical (unpaired) electrons. The third-order valence-electron chi connectivity index (χ3n) is 3.33. The Balaban J connectivity index is 2.33. The first-order chi connectivity index (χ1) is 8.57. The van der Waals surface area contributed by atoms with Crippen molar-refractivity contribution in [1.82, 2.24) is 0 Å². The Hall–Kier alpha value is -0.250. The van der Waals surface area contributed by atoms with Crippen molar-refractivity contribution in [2.24, 2.45) is 0 Å². The van der Waals surface area contributed by atoms with Crippen LogP contribution >= 0.6 is 27.5 Å². The molecular formula is C14H18BrClO2. The minimum absolute atomic E-state index is 0.195. The largest absolute Gasteiger partial charge is 0.494 e. The molecule has 0 spiro atoms. The molecule has 0 amide bonds. The van der Waals surface area contributed by atoms with Crippen LogP contribution in [0.25, 0.3) is 0 Å². The van der Waals surface area contributed by atoms with Crippen molar-refractivity contribution in [1.29, 1.82) is 0 Å². The average Bonchev–Trinajstić information content (AvgIpc) is 2.79. The Labute approximate surface area is 122 Å². The lowest BCUT2D eigenvalue weighted by atomic mass is 9.92. The van der Waals surface area contributed by atoms with Gasteiger partial charge in [-0.3, -0.25) is 0 Å². The van der Waals surface area contributed by atoms with Gasteiger partial charge in [0.25, 0.3) is 0 Å². The smallest absolute Gasteiger partial charge is 0.124 e. The van der Waals surface area contributed by atoms with E-state index in [4.69, 9.17) is 21.1 Å². The quantitative estimate of drug-likeness (QED) is 0.744. The molecule has 1 aromatic rings. The van der Waals surface area contributed by atoms with Crippen LogP contribution in [0.2, 0.25) is 0 Å². The molecule has 1 aliphatic heterocycles. The van der Waals surface area contributed by atoms with E-state index in [2.05, 4.69) is 22.9 Å². The second-order valence-corrected chi connectivity index (χ2v) is 6.09. The molecule has 1 fully saturated rings. The van der Waals surface area contributed by atoms with Gasteiger partial charge in [-0.25, -0.2) is 0 Å². The van der Waals surface area contributed by atoms with Crippen LogP contribution in [-0.4, -0.2) is 18.8 Å². The number of rotatable bonds is 4. The lowest BCUT2D eigenvalue weighted by Gasteiger charge is -2.30. The fourth-order valence-electron chi connectivity index (χ4n) is 2.33. The molecule has 2 unspecified atom stereocenters. The SMILES string of the molecule is CCOc1ccc(Br)cc1C(Cl)C1(C)CCCO1. The highest BCUT2D eigenvalue weighted by Crippen LogP contribution is 2.45. The highest BCUT2D eigenvalue weighted by Gasteiger charge is 2.39. The second-order valence-electron chi connectivity index (χ2n) is 4.74. The Bertz CT molecular complexity index is 416. The summed E-state index contributed by atoms with van der Waals surface area (Å²) in [5.41, 5.74) is 0.700. The van der Waals surface area contributed by atoms with E-state index < -0.39 is 0 Å². The first kappa shape index (κ1) is 14.2. The fraction of sp³-hybridized carbons (Fsp3) is 0.571. The van der Waals surface area contributed by atoms with Crippen LogP contribution < -0.4 is 4.74 Å². The number of hydrogen-bond acceptors (Lipinski definition) is 2. The molecule has 1 heterocycles. The molecule has 2 nitrogen and oxygen atoms in total. The van der Waals surface area contributed by atoms with Gasteiger partial charge in [0.2, 0.25) is 0 Å². The zero-order valence-corrected chi connectivity index (χ0v) is 13.1. The number of halogens is 2. The van der Waals surface area contributed by atoms with E-state index in [1.165, 1.54) is 0 Å². The highest BCUT2D eigenvalue weighted by atomic mass is 79.9.